The molecule has 0 radical (unpaired) electrons. The number of allylic oxidation sites excluding steroid dienone is 2. The molecule has 1 heterocycles. The Morgan fingerprint density at radius 1 is 1.12 bits per heavy atom. The van der Waals surface area contributed by atoms with Crippen LogP contribution in [0.15, 0.2) is 42.0 Å². The van der Waals surface area contributed by atoms with Crippen molar-refractivity contribution in [3.05, 3.63) is 53.1 Å². The molecule has 1 aliphatic heterocycles. The molecule has 0 unspecified atom stereocenters. The summed E-state index contributed by atoms with van der Waals surface area (Å²) in [6.45, 7) is 9.86. The van der Waals surface area contributed by atoms with Gasteiger partial charge in [-0.25, -0.2) is 0 Å². The van der Waals surface area contributed by atoms with Crippen LogP contribution in [0.1, 0.15) is 31.9 Å². The molecule has 1 aromatic carbocycles. The Morgan fingerprint density at radius 3 is 2.47 bits per heavy atom. The summed E-state index contributed by atoms with van der Waals surface area (Å²) in [5.41, 5.74) is 5.50. The number of hydrogen-bond acceptors (Lipinski definition) is 1. The summed E-state index contributed by atoms with van der Waals surface area (Å²) in [7, 11) is 0. The smallest absolute Gasteiger partial charge is 0.0421 e. The molecule has 0 bridgehead atoms. The van der Waals surface area contributed by atoms with Gasteiger partial charge in [-0.1, -0.05) is 51.1 Å². The first kappa shape index (κ1) is 12.0. The normalized spacial score (nSPS) is 16.0. The Kier molecular flexibility index (Phi) is 3.10. The third kappa shape index (κ3) is 2.60. The van der Waals surface area contributed by atoms with E-state index in [2.05, 4.69) is 69.4 Å². The summed E-state index contributed by atoms with van der Waals surface area (Å²) in [6.07, 6.45) is 4.56. The fraction of sp³-hybridized carbons (Fsp3) is 0.375. The molecule has 0 saturated heterocycles. The predicted molar refractivity (Wildman–Crippen MR) is 74.7 cm³/mol. The van der Waals surface area contributed by atoms with Crippen LogP contribution < -0.4 is 5.32 Å². The lowest BCUT2D eigenvalue weighted by Gasteiger charge is -2.26. The number of hydrogen-bond donors (Lipinski definition) is 1. The van der Waals surface area contributed by atoms with Gasteiger partial charge in [-0.3, -0.25) is 0 Å². The highest BCUT2D eigenvalue weighted by Crippen LogP contribution is 2.30. The molecule has 0 amide bonds. The maximum atomic E-state index is 3.46. The molecular formula is C16H21N. The van der Waals surface area contributed by atoms with Gasteiger partial charge in [0.15, 0.2) is 0 Å². The third-order valence-electron chi connectivity index (χ3n) is 3.22. The molecule has 1 nitrogen and oxygen atoms in total. The van der Waals surface area contributed by atoms with Crippen LogP contribution in [0, 0.1) is 12.3 Å². The zero-order valence-corrected chi connectivity index (χ0v) is 11.2. The first-order chi connectivity index (χ1) is 7.98. The van der Waals surface area contributed by atoms with Gasteiger partial charge in [-0.2, -0.15) is 0 Å². The van der Waals surface area contributed by atoms with Gasteiger partial charge in [0, 0.05) is 17.8 Å². The number of dihydropyridines is 1. The van der Waals surface area contributed by atoms with Gasteiger partial charge in [-0.05, 0) is 29.6 Å². The quantitative estimate of drug-likeness (QED) is 0.767. The lowest BCUT2D eigenvalue weighted by atomic mass is 9.84. The highest BCUT2D eigenvalue weighted by atomic mass is 14.9. The van der Waals surface area contributed by atoms with Gasteiger partial charge in [-0.15, -0.1) is 0 Å². The van der Waals surface area contributed by atoms with Crippen molar-refractivity contribution in [3.8, 4) is 0 Å². The van der Waals surface area contributed by atoms with Gasteiger partial charge in [0.2, 0.25) is 0 Å². The molecule has 2 rings (SSSR count). The lowest BCUT2D eigenvalue weighted by molar-refractivity contribution is 0.513. The first-order valence-corrected chi connectivity index (χ1v) is 6.21. The van der Waals surface area contributed by atoms with Crippen molar-refractivity contribution in [1.29, 1.82) is 0 Å². The van der Waals surface area contributed by atoms with E-state index in [0.29, 0.717) is 0 Å². The van der Waals surface area contributed by atoms with Crippen molar-refractivity contribution in [2.75, 3.05) is 6.54 Å². The number of nitrogens with one attached hydrogen (secondary N) is 1. The summed E-state index contributed by atoms with van der Waals surface area (Å²) in [6, 6.07) is 8.52. The molecule has 90 valence electrons. The van der Waals surface area contributed by atoms with E-state index in [9.17, 15) is 0 Å². The van der Waals surface area contributed by atoms with E-state index in [4.69, 9.17) is 0 Å². The highest BCUT2D eigenvalue weighted by Gasteiger charge is 2.18. The molecule has 17 heavy (non-hydrogen) atoms. The molecule has 0 aromatic heterocycles. The zero-order valence-electron chi connectivity index (χ0n) is 11.2. The molecule has 0 atom stereocenters. The molecule has 0 spiro atoms. The van der Waals surface area contributed by atoms with Crippen molar-refractivity contribution in [2.45, 2.75) is 27.7 Å². The zero-order chi connectivity index (χ0) is 12.5. The molecular weight excluding hydrogens is 206 g/mol. The summed E-state index contributed by atoms with van der Waals surface area (Å²) < 4.78 is 0. The minimum absolute atomic E-state index is 0.218. The van der Waals surface area contributed by atoms with E-state index in [0.717, 1.165) is 6.54 Å². The van der Waals surface area contributed by atoms with Gasteiger partial charge in [0.05, 0.1) is 0 Å². The van der Waals surface area contributed by atoms with Gasteiger partial charge in [0.25, 0.3) is 0 Å². The summed E-state index contributed by atoms with van der Waals surface area (Å²) in [4.78, 5) is 0. The van der Waals surface area contributed by atoms with Crippen LogP contribution in [0.3, 0.4) is 0 Å². The van der Waals surface area contributed by atoms with Crippen molar-refractivity contribution in [3.63, 3.8) is 0 Å². The Morgan fingerprint density at radius 2 is 1.82 bits per heavy atom. The van der Waals surface area contributed by atoms with Crippen LogP contribution in [0.25, 0.3) is 5.70 Å². The molecule has 1 aromatic rings. The minimum Gasteiger partial charge on any atom is -0.381 e. The Hall–Kier alpha value is -1.50. The average molecular weight is 227 g/mol. The van der Waals surface area contributed by atoms with E-state index < -0.39 is 0 Å². The van der Waals surface area contributed by atoms with Crippen molar-refractivity contribution in [1.82, 2.24) is 5.32 Å². The monoisotopic (exact) mass is 227 g/mol. The van der Waals surface area contributed by atoms with E-state index in [1.165, 1.54) is 22.4 Å². The van der Waals surface area contributed by atoms with Gasteiger partial charge < -0.3 is 5.32 Å². The topological polar surface area (TPSA) is 12.0 Å². The van der Waals surface area contributed by atoms with E-state index >= 15 is 0 Å². The van der Waals surface area contributed by atoms with Crippen LogP contribution in [0.5, 0.6) is 0 Å². The van der Waals surface area contributed by atoms with Crippen LogP contribution >= 0.6 is 0 Å². The average Bonchev–Trinajstić information content (AvgIpc) is 2.29. The second kappa shape index (κ2) is 4.40. The summed E-state index contributed by atoms with van der Waals surface area (Å²) in [5, 5.41) is 3.46. The van der Waals surface area contributed by atoms with Crippen LogP contribution in [0.2, 0.25) is 0 Å². The number of aryl methyl sites for hydroxylation is 1. The molecule has 0 saturated carbocycles. The maximum Gasteiger partial charge on any atom is 0.0421 e. The largest absolute Gasteiger partial charge is 0.381 e. The fourth-order valence-electron chi connectivity index (χ4n) is 2.11. The van der Waals surface area contributed by atoms with Crippen molar-refractivity contribution in [2.24, 2.45) is 5.41 Å². The van der Waals surface area contributed by atoms with Gasteiger partial charge >= 0.3 is 0 Å². The second-order valence-electron chi connectivity index (χ2n) is 5.66. The molecule has 0 fully saturated rings. The fourth-order valence-corrected chi connectivity index (χ4v) is 2.11. The molecule has 1 N–H and O–H groups in total. The van der Waals surface area contributed by atoms with E-state index in [-0.39, 0.29) is 5.41 Å². The van der Waals surface area contributed by atoms with Gasteiger partial charge in [0.1, 0.15) is 0 Å². The highest BCUT2D eigenvalue weighted by molar-refractivity contribution is 5.70. The number of benzene rings is 1. The van der Waals surface area contributed by atoms with Crippen molar-refractivity contribution < 1.29 is 0 Å². The van der Waals surface area contributed by atoms with Crippen LogP contribution in [0.4, 0.5) is 0 Å². The lowest BCUT2D eigenvalue weighted by Crippen LogP contribution is -2.21. The molecule has 1 heteroatoms. The standard InChI is InChI=1S/C16H21N/c1-12-7-5-6-8-14(12)15-11-13(9-10-17-15)16(2,3)4/h5-9,11,17H,10H2,1-4H3. The first-order valence-electron chi connectivity index (χ1n) is 6.21. The van der Waals surface area contributed by atoms with Crippen LogP contribution in [-0.4, -0.2) is 6.54 Å². The van der Waals surface area contributed by atoms with Crippen LogP contribution in [-0.2, 0) is 0 Å². The number of rotatable bonds is 1. The molecule has 0 aliphatic carbocycles. The Balaban J connectivity index is 2.39. The minimum atomic E-state index is 0.218. The summed E-state index contributed by atoms with van der Waals surface area (Å²) >= 11 is 0. The predicted octanol–water partition coefficient (Wildman–Crippen LogP) is 3.91. The van der Waals surface area contributed by atoms with E-state index in [1.807, 2.05) is 0 Å². The van der Waals surface area contributed by atoms with E-state index in [1.54, 1.807) is 0 Å². The third-order valence-corrected chi connectivity index (χ3v) is 3.22. The SMILES string of the molecule is Cc1ccccc1C1=CC(C(C)(C)C)=CCN1. The Labute approximate surface area is 104 Å². The molecule has 1 aliphatic rings. The second-order valence-corrected chi connectivity index (χ2v) is 5.66. The summed E-state index contributed by atoms with van der Waals surface area (Å²) in [5.74, 6) is 0. The van der Waals surface area contributed by atoms with Crippen molar-refractivity contribution >= 4 is 5.70 Å². The maximum absolute atomic E-state index is 3.46. The Bertz CT molecular complexity index is 473.